The third-order valence-electron chi connectivity index (χ3n) is 2.69. The molecule has 6 nitrogen and oxygen atoms in total. The number of carbonyl (C=O) groups is 1. The lowest BCUT2D eigenvalue weighted by Crippen LogP contribution is -2.27. The van der Waals surface area contributed by atoms with Crippen molar-refractivity contribution in [1.82, 2.24) is 9.97 Å². The Bertz CT molecular complexity index is 632. The van der Waals surface area contributed by atoms with Gasteiger partial charge in [-0.2, -0.15) is 0 Å². The Kier molecular flexibility index (Phi) is 4.97. The van der Waals surface area contributed by atoms with Gasteiger partial charge in [-0.05, 0) is 39.8 Å². The fraction of sp³-hybridized carbons (Fsp3) is 0.400. The van der Waals surface area contributed by atoms with E-state index in [0.717, 1.165) is 11.4 Å². The first-order chi connectivity index (χ1) is 10.3. The van der Waals surface area contributed by atoms with Gasteiger partial charge in [0.15, 0.2) is 0 Å². The molecule has 2 N–H and O–H groups in total. The number of amides is 1. The highest BCUT2D eigenvalue weighted by Gasteiger charge is 2.16. The summed E-state index contributed by atoms with van der Waals surface area (Å²) in [6.07, 6.45) is 1.16. The minimum Gasteiger partial charge on any atom is -0.444 e. The summed E-state index contributed by atoms with van der Waals surface area (Å²) in [5, 5.41) is 5.87. The summed E-state index contributed by atoms with van der Waals surface area (Å²) >= 11 is 1.62. The molecule has 2 rings (SSSR count). The summed E-state index contributed by atoms with van der Waals surface area (Å²) in [5.74, 6) is 0.453. The van der Waals surface area contributed by atoms with Crippen LogP contribution >= 0.6 is 11.3 Å². The predicted octanol–water partition coefficient (Wildman–Crippen LogP) is 3.81. The third-order valence-corrected chi connectivity index (χ3v) is 3.63. The molecule has 2 heterocycles. The largest absolute Gasteiger partial charge is 0.444 e. The molecule has 0 radical (unpaired) electrons. The van der Waals surface area contributed by atoms with E-state index in [4.69, 9.17) is 4.74 Å². The molecule has 0 aromatic carbocycles. The molecule has 0 aliphatic carbocycles. The first-order valence-corrected chi connectivity index (χ1v) is 7.80. The normalized spacial score (nSPS) is 11.1. The Hall–Kier alpha value is -2.15. The highest BCUT2D eigenvalue weighted by molar-refractivity contribution is 7.09. The summed E-state index contributed by atoms with van der Waals surface area (Å²) in [7, 11) is 0. The molecule has 0 spiro atoms. The van der Waals surface area contributed by atoms with Gasteiger partial charge in [-0.15, -0.1) is 11.3 Å². The van der Waals surface area contributed by atoms with E-state index in [1.807, 2.05) is 39.3 Å². The Morgan fingerprint density at radius 2 is 2.09 bits per heavy atom. The van der Waals surface area contributed by atoms with E-state index in [9.17, 15) is 4.79 Å². The molecule has 0 aliphatic heterocycles. The van der Waals surface area contributed by atoms with Crippen LogP contribution in [0.25, 0.3) is 0 Å². The zero-order valence-corrected chi connectivity index (χ0v) is 14.0. The van der Waals surface area contributed by atoms with Gasteiger partial charge in [-0.1, -0.05) is 0 Å². The number of rotatable bonds is 4. The van der Waals surface area contributed by atoms with Crippen LogP contribution in [0.3, 0.4) is 0 Å². The van der Waals surface area contributed by atoms with Crippen molar-refractivity contribution in [2.45, 2.75) is 39.8 Å². The summed E-state index contributed by atoms with van der Waals surface area (Å²) in [4.78, 5) is 21.2. The predicted molar refractivity (Wildman–Crippen MR) is 88.3 cm³/mol. The Labute approximate surface area is 133 Å². The summed E-state index contributed by atoms with van der Waals surface area (Å²) in [5.41, 5.74) is 3.22. The number of thiazole rings is 1. The molecule has 1 amide bonds. The smallest absolute Gasteiger partial charge is 0.413 e. The maximum atomic E-state index is 11.6. The minimum atomic E-state index is -0.530. The van der Waals surface area contributed by atoms with Crippen molar-refractivity contribution in [3.63, 3.8) is 0 Å². The van der Waals surface area contributed by atoms with Gasteiger partial charge in [0.25, 0.3) is 0 Å². The van der Waals surface area contributed by atoms with E-state index < -0.39 is 11.7 Å². The van der Waals surface area contributed by atoms with Crippen LogP contribution in [0.4, 0.5) is 16.3 Å². The highest BCUT2D eigenvalue weighted by Crippen LogP contribution is 2.16. The summed E-state index contributed by atoms with van der Waals surface area (Å²) in [6.45, 7) is 8.13. The van der Waals surface area contributed by atoms with Gasteiger partial charge < -0.3 is 10.1 Å². The molecule has 2 aromatic rings. The Morgan fingerprint density at radius 1 is 1.32 bits per heavy atom. The quantitative estimate of drug-likeness (QED) is 0.896. The third kappa shape index (κ3) is 5.00. The van der Waals surface area contributed by atoms with Crippen molar-refractivity contribution in [2.75, 3.05) is 10.6 Å². The number of aromatic nitrogens is 2. The van der Waals surface area contributed by atoms with Crippen LogP contribution < -0.4 is 10.6 Å². The molecule has 2 aromatic heterocycles. The number of nitrogens with one attached hydrogen (secondary N) is 2. The summed E-state index contributed by atoms with van der Waals surface area (Å²) < 4.78 is 5.17. The lowest BCUT2D eigenvalue weighted by atomic mass is 10.2. The first kappa shape index (κ1) is 16.2. The van der Waals surface area contributed by atoms with Gasteiger partial charge in [0.05, 0.1) is 29.6 Å². The fourth-order valence-electron chi connectivity index (χ4n) is 1.66. The maximum Gasteiger partial charge on any atom is 0.413 e. The molecule has 7 heteroatoms. The molecule has 0 unspecified atom stereocenters. The van der Waals surface area contributed by atoms with Crippen LogP contribution in [0.5, 0.6) is 0 Å². The van der Waals surface area contributed by atoms with Gasteiger partial charge in [0.2, 0.25) is 0 Å². The van der Waals surface area contributed by atoms with Gasteiger partial charge in [0, 0.05) is 4.88 Å². The number of aryl methyl sites for hydroxylation is 1. The Morgan fingerprint density at radius 3 is 2.64 bits per heavy atom. The number of anilines is 2. The fourth-order valence-corrected chi connectivity index (χ4v) is 2.38. The van der Waals surface area contributed by atoms with Gasteiger partial charge in [-0.3, -0.25) is 5.32 Å². The summed E-state index contributed by atoms with van der Waals surface area (Å²) in [6, 6.07) is 3.59. The number of hydrogen-bond donors (Lipinski definition) is 2. The van der Waals surface area contributed by atoms with Crippen LogP contribution in [0.15, 0.2) is 23.8 Å². The molecule has 0 aliphatic rings. The van der Waals surface area contributed by atoms with E-state index in [-0.39, 0.29) is 0 Å². The average Bonchev–Trinajstić information content (AvgIpc) is 2.81. The second-order valence-electron chi connectivity index (χ2n) is 5.77. The molecule has 0 atom stereocenters. The van der Waals surface area contributed by atoms with Gasteiger partial charge >= 0.3 is 6.09 Å². The topological polar surface area (TPSA) is 76.1 Å². The lowest BCUT2D eigenvalue weighted by Gasteiger charge is -2.19. The number of carbonyl (C=O) groups excluding carboxylic acids is 1. The SMILES string of the molecule is Cc1ncsc1CNc1ccc(NC(=O)OC(C)(C)C)nc1. The number of hydrogen-bond acceptors (Lipinski definition) is 6. The first-order valence-electron chi connectivity index (χ1n) is 6.92. The zero-order chi connectivity index (χ0) is 16.2. The molecule has 22 heavy (non-hydrogen) atoms. The molecule has 0 fully saturated rings. The highest BCUT2D eigenvalue weighted by atomic mass is 32.1. The lowest BCUT2D eigenvalue weighted by molar-refractivity contribution is 0.0635. The van der Waals surface area contributed by atoms with Crippen LogP contribution in [-0.2, 0) is 11.3 Å². The average molecular weight is 320 g/mol. The minimum absolute atomic E-state index is 0.453. The van der Waals surface area contributed by atoms with E-state index in [1.54, 1.807) is 23.6 Å². The van der Waals surface area contributed by atoms with E-state index in [1.165, 1.54) is 4.88 Å². The molecule has 0 saturated heterocycles. The number of ether oxygens (including phenoxy) is 1. The van der Waals surface area contributed by atoms with Crippen LogP contribution in [0, 0.1) is 6.92 Å². The second kappa shape index (κ2) is 6.74. The Balaban J connectivity index is 1.87. The van der Waals surface area contributed by atoms with Crippen LogP contribution in [-0.4, -0.2) is 21.7 Å². The monoisotopic (exact) mass is 320 g/mol. The molecule has 118 valence electrons. The molecular weight excluding hydrogens is 300 g/mol. The van der Waals surface area contributed by atoms with Crippen molar-refractivity contribution in [3.8, 4) is 0 Å². The number of nitrogens with zero attached hydrogens (tertiary/aromatic N) is 2. The van der Waals surface area contributed by atoms with Gasteiger partial charge in [0.1, 0.15) is 11.4 Å². The van der Waals surface area contributed by atoms with Crippen molar-refractivity contribution in [2.24, 2.45) is 0 Å². The standard InChI is InChI=1S/C15H20N4O2S/c1-10-12(22-9-18-10)8-16-11-5-6-13(17-7-11)19-14(20)21-15(2,3)4/h5-7,9,16H,8H2,1-4H3,(H,17,19,20). The van der Waals surface area contributed by atoms with Crippen molar-refractivity contribution < 1.29 is 9.53 Å². The molecule has 0 saturated carbocycles. The van der Waals surface area contributed by atoms with Gasteiger partial charge in [-0.25, -0.2) is 14.8 Å². The molecule has 0 bridgehead atoms. The molecular formula is C15H20N4O2S. The van der Waals surface area contributed by atoms with Crippen molar-refractivity contribution >= 4 is 28.9 Å². The van der Waals surface area contributed by atoms with Crippen molar-refractivity contribution in [1.29, 1.82) is 0 Å². The van der Waals surface area contributed by atoms with Crippen LogP contribution in [0.1, 0.15) is 31.3 Å². The maximum absolute atomic E-state index is 11.6. The van der Waals surface area contributed by atoms with Crippen molar-refractivity contribution in [3.05, 3.63) is 34.4 Å². The van der Waals surface area contributed by atoms with E-state index >= 15 is 0 Å². The van der Waals surface area contributed by atoms with E-state index in [2.05, 4.69) is 20.6 Å². The second-order valence-corrected chi connectivity index (χ2v) is 6.71. The van der Waals surface area contributed by atoms with Crippen LogP contribution in [0.2, 0.25) is 0 Å². The van der Waals surface area contributed by atoms with E-state index in [0.29, 0.717) is 12.4 Å². The number of pyridine rings is 1. The zero-order valence-electron chi connectivity index (χ0n) is 13.1.